The van der Waals surface area contributed by atoms with Gasteiger partial charge in [-0.25, -0.2) is 4.79 Å². The van der Waals surface area contributed by atoms with Crippen LogP contribution in [0.4, 0.5) is 16.2 Å². The number of carbonyl (C=O) groups is 1. The van der Waals surface area contributed by atoms with Crippen molar-refractivity contribution in [2.75, 3.05) is 10.6 Å². The Morgan fingerprint density at radius 1 is 1.10 bits per heavy atom. The van der Waals surface area contributed by atoms with Gasteiger partial charge in [-0.15, -0.1) is 0 Å². The van der Waals surface area contributed by atoms with E-state index in [4.69, 9.17) is 11.6 Å². The van der Waals surface area contributed by atoms with Crippen LogP contribution in [0.5, 0.6) is 0 Å². The molecule has 2 amide bonds. The predicted octanol–water partition coefficient (Wildman–Crippen LogP) is 4.85. The second kappa shape index (κ2) is 6.44. The number of rotatable bonds is 3. The van der Waals surface area contributed by atoms with E-state index in [2.05, 4.69) is 17.6 Å². The highest BCUT2D eigenvalue weighted by Gasteiger charge is 2.06. The first kappa shape index (κ1) is 14.4. The zero-order valence-corrected chi connectivity index (χ0v) is 12.3. The van der Waals surface area contributed by atoms with Gasteiger partial charge in [0.15, 0.2) is 0 Å². The zero-order chi connectivity index (χ0) is 14.5. The molecule has 20 heavy (non-hydrogen) atoms. The van der Waals surface area contributed by atoms with Gasteiger partial charge < -0.3 is 10.6 Å². The highest BCUT2D eigenvalue weighted by atomic mass is 35.5. The molecule has 0 aromatic heterocycles. The van der Waals surface area contributed by atoms with E-state index in [1.807, 2.05) is 43.3 Å². The normalized spacial score (nSPS) is 10.2. The highest BCUT2D eigenvalue weighted by Crippen LogP contribution is 2.22. The van der Waals surface area contributed by atoms with Crippen LogP contribution in [0, 0.1) is 6.92 Å². The van der Waals surface area contributed by atoms with Gasteiger partial charge in [0.1, 0.15) is 0 Å². The summed E-state index contributed by atoms with van der Waals surface area (Å²) in [4.78, 5) is 11.9. The minimum Gasteiger partial charge on any atom is -0.308 e. The quantitative estimate of drug-likeness (QED) is 0.832. The lowest BCUT2D eigenvalue weighted by atomic mass is 10.1. The number of aryl methyl sites for hydroxylation is 2. The number of halogens is 1. The van der Waals surface area contributed by atoms with E-state index >= 15 is 0 Å². The molecular weight excluding hydrogens is 272 g/mol. The van der Waals surface area contributed by atoms with Crippen molar-refractivity contribution in [3.63, 3.8) is 0 Å². The standard InChI is InChI=1S/C16H17ClN2O/c1-3-12-5-7-13(8-6-12)18-16(20)19-15-9-4-11(2)10-14(15)17/h4-10H,3H2,1-2H3,(H2,18,19,20). The molecule has 0 fully saturated rings. The molecule has 3 nitrogen and oxygen atoms in total. The third-order valence-corrected chi connectivity index (χ3v) is 3.31. The van der Waals surface area contributed by atoms with Crippen molar-refractivity contribution < 1.29 is 4.79 Å². The summed E-state index contributed by atoms with van der Waals surface area (Å²) in [5.41, 5.74) is 3.64. The predicted molar refractivity (Wildman–Crippen MR) is 84.7 cm³/mol. The fourth-order valence-corrected chi connectivity index (χ4v) is 2.11. The van der Waals surface area contributed by atoms with Crippen LogP contribution in [0.3, 0.4) is 0 Å². The minimum atomic E-state index is -0.306. The maximum atomic E-state index is 11.9. The molecule has 104 valence electrons. The maximum Gasteiger partial charge on any atom is 0.323 e. The summed E-state index contributed by atoms with van der Waals surface area (Å²) in [5.74, 6) is 0. The van der Waals surface area contributed by atoms with Gasteiger partial charge in [-0.1, -0.05) is 36.7 Å². The number of nitrogens with one attached hydrogen (secondary N) is 2. The zero-order valence-electron chi connectivity index (χ0n) is 11.5. The van der Waals surface area contributed by atoms with Gasteiger partial charge in [0.05, 0.1) is 10.7 Å². The van der Waals surface area contributed by atoms with Gasteiger partial charge in [-0.2, -0.15) is 0 Å². The Balaban J connectivity index is 2.01. The van der Waals surface area contributed by atoms with Crippen molar-refractivity contribution in [2.24, 2.45) is 0 Å². The second-order valence-corrected chi connectivity index (χ2v) is 5.02. The van der Waals surface area contributed by atoms with E-state index in [9.17, 15) is 4.79 Å². The molecule has 0 heterocycles. The van der Waals surface area contributed by atoms with Crippen molar-refractivity contribution in [1.29, 1.82) is 0 Å². The lowest BCUT2D eigenvalue weighted by molar-refractivity contribution is 0.262. The number of urea groups is 1. The molecule has 0 unspecified atom stereocenters. The second-order valence-electron chi connectivity index (χ2n) is 4.61. The fraction of sp³-hybridized carbons (Fsp3) is 0.188. The average Bonchev–Trinajstić information content (AvgIpc) is 2.43. The Bertz CT molecular complexity index is 608. The van der Waals surface area contributed by atoms with Crippen molar-refractivity contribution in [2.45, 2.75) is 20.3 Å². The van der Waals surface area contributed by atoms with Crippen LogP contribution < -0.4 is 10.6 Å². The number of anilines is 2. The van der Waals surface area contributed by atoms with Crippen molar-refractivity contribution in [3.8, 4) is 0 Å². The first-order valence-electron chi connectivity index (χ1n) is 6.51. The molecule has 2 aromatic carbocycles. The molecule has 2 rings (SSSR count). The molecule has 0 aliphatic carbocycles. The van der Waals surface area contributed by atoms with Crippen LogP contribution in [0.25, 0.3) is 0 Å². The molecule has 4 heteroatoms. The number of benzene rings is 2. The largest absolute Gasteiger partial charge is 0.323 e. The monoisotopic (exact) mass is 288 g/mol. The Morgan fingerprint density at radius 3 is 2.40 bits per heavy atom. The summed E-state index contributed by atoms with van der Waals surface area (Å²) in [6.07, 6.45) is 0.978. The van der Waals surface area contributed by atoms with Crippen LogP contribution in [0.15, 0.2) is 42.5 Å². The number of hydrogen-bond donors (Lipinski definition) is 2. The molecule has 2 aromatic rings. The number of hydrogen-bond acceptors (Lipinski definition) is 1. The molecule has 0 saturated carbocycles. The van der Waals surface area contributed by atoms with Gasteiger partial charge in [-0.3, -0.25) is 0 Å². The fourth-order valence-electron chi connectivity index (χ4n) is 1.83. The van der Waals surface area contributed by atoms with Crippen LogP contribution in [-0.2, 0) is 6.42 Å². The van der Waals surface area contributed by atoms with Crippen molar-refractivity contribution >= 4 is 29.0 Å². The number of amides is 2. The molecule has 2 N–H and O–H groups in total. The van der Waals surface area contributed by atoms with Gasteiger partial charge >= 0.3 is 6.03 Å². The third kappa shape index (κ3) is 3.75. The van der Waals surface area contributed by atoms with Gasteiger partial charge in [0.2, 0.25) is 0 Å². The van der Waals surface area contributed by atoms with Crippen LogP contribution in [-0.4, -0.2) is 6.03 Å². The van der Waals surface area contributed by atoms with Crippen LogP contribution in [0.1, 0.15) is 18.1 Å². The van der Waals surface area contributed by atoms with Crippen molar-refractivity contribution in [3.05, 3.63) is 58.6 Å². The van der Waals surface area contributed by atoms with E-state index in [-0.39, 0.29) is 6.03 Å². The lowest BCUT2D eigenvalue weighted by Gasteiger charge is -2.10. The van der Waals surface area contributed by atoms with Gasteiger partial charge in [-0.05, 0) is 48.7 Å². The maximum absolute atomic E-state index is 11.9. The molecule has 0 bridgehead atoms. The van der Waals surface area contributed by atoms with Crippen molar-refractivity contribution in [1.82, 2.24) is 0 Å². The molecule has 0 aliphatic rings. The molecule has 0 atom stereocenters. The molecule has 0 radical (unpaired) electrons. The SMILES string of the molecule is CCc1ccc(NC(=O)Nc2ccc(C)cc2Cl)cc1. The van der Waals surface area contributed by atoms with Gasteiger partial charge in [0.25, 0.3) is 0 Å². The molecule has 0 spiro atoms. The first-order chi connectivity index (χ1) is 9.58. The minimum absolute atomic E-state index is 0.306. The van der Waals surface area contributed by atoms with E-state index in [0.717, 1.165) is 17.7 Å². The topological polar surface area (TPSA) is 41.1 Å². The summed E-state index contributed by atoms with van der Waals surface area (Å²) in [6.45, 7) is 4.04. The smallest absolute Gasteiger partial charge is 0.308 e. The lowest BCUT2D eigenvalue weighted by Crippen LogP contribution is -2.19. The summed E-state index contributed by atoms with van der Waals surface area (Å²) in [5, 5.41) is 6.04. The van der Waals surface area contributed by atoms with E-state index in [1.54, 1.807) is 6.07 Å². The number of carbonyl (C=O) groups excluding carboxylic acids is 1. The summed E-state index contributed by atoms with van der Waals surface area (Å²) < 4.78 is 0. The van der Waals surface area contributed by atoms with Crippen LogP contribution in [0.2, 0.25) is 5.02 Å². The Morgan fingerprint density at radius 2 is 1.80 bits per heavy atom. The first-order valence-corrected chi connectivity index (χ1v) is 6.89. The summed E-state index contributed by atoms with van der Waals surface area (Å²) in [6, 6.07) is 13.0. The summed E-state index contributed by atoms with van der Waals surface area (Å²) in [7, 11) is 0. The average molecular weight is 289 g/mol. The van der Waals surface area contributed by atoms with Crippen LogP contribution >= 0.6 is 11.6 Å². The highest BCUT2D eigenvalue weighted by molar-refractivity contribution is 6.33. The molecule has 0 saturated heterocycles. The molecular formula is C16H17ClN2O. The third-order valence-electron chi connectivity index (χ3n) is 2.99. The Kier molecular flexibility index (Phi) is 4.64. The van der Waals surface area contributed by atoms with Gasteiger partial charge in [0, 0.05) is 5.69 Å². The van der Waals surface area contributed by atoms with E-state index in [1.165, 1.54) is 5.56 Å². The van der Waals surface area contributed by atoms with E-state index < -0.39 is 0 Å². The Hall–Kier alpha value is -2.00. The Labute approximate surface area is 124 Å². The summed E-state index contributed by atoms with van der Waals surface area (Å²) >= 11 is 6.07. The van der Waals surface area contributed by atoms with E-state index in [0.29, 0.717) is 10.7 Å². The molecule has 0 aliphatic heterocycles.